The highest BCUT2D eigenvalue weighted by Crippen LogP contribution is 2.56. The molecule has 0 aromatic rings. The molecule has 1 heterocycles. The minimum atomic E-state index is -0.379. The van der Waals surface area contributed by atoms with E-state index in [9.17, 15) is 0 Å². The highest BCUT2D eigenvalue weighted by Gasteiger charge is 2.51. The van der Waals surface area contributed by atoms with Gasteiger partial charge in [-0.25, -0.2) is 0 Å². The largest absolute Gasteiger partial charge is 0.353 e. The van der Waals surface area contributed by atoms with Crippen LogP contribution in [0, 0.1) is 46.8 Å². The van der Waals surface area contributed by atoms with Gasteiger partial charge < -0.3 is 9.47 Å². The maximum Gasteiger partial charge on any atom is 0.171 e. The zero-order valence-electron chi connectivity index (χ0n) is 24.3. The second-order valence-electron chi connectivity index (χ2n) is 13.5. The van der Waals surface area contributed by atoms with Crippen LogP contribution in [-0.2, 0) is 9.47 Å². The highest BCUT2D eigenvalue weighted by molar-refractivity contribution is 5.22. The van der Waals surface area contributed by atoms with Crippen molar-refractivity contribution in [1.29, 1.82) is 0 Å². The topological polar surface area (TPSA) is 18.5 Å². The van der Waals surface area contributed by atoms with E-state index in [2.05, 4.69) is 61.5 Å². The van der Waals surface area contributed by atoms with E-state index in [1.807, 2.05) is 7.11 Å². The molecule has 1 saturated carbocycles. The number of methoxy groups -OCH3 is 1. The first-order chi connectivity index (χ1) is 16.1. The Kier molecular flexibility index (Phi) is 9.80. The Morgan fingerprint density at radius 3 is 2.47 bits per heavy atom. The van der Waals surface area contributed by atoms with Gasteiger partial charge >= 0.3 is 0 Å². The van der Waals surface area contributed by atoms with Crippen LogP contribution in [0.1, 0.15) is 126 Å². The normalized spacial score (nSPS) is 41.4. The van der Waals surface area contributed by atoms with Gasteiger partial charge in [0.15, 0.2) is 5.79 Å². The minimum absolute atomic E-state index is 0.335. The Bertz CT molecular complexity index is 668. The molecule has 3 rings (SSSR count). The molecule has 2 nitrogen and oxygen atoms in total. The highest BCUT2D eigenvalue weighted by atomic mass is 16.7. The van der Waals surface area contributed by atoms with Crippen LogP contribution in [0.15, 0.2) is 11.6 Å². The van der Waals surface area contributed by atoms with Crippen molar-refractivity contribution in [3.63, 3.8) is 0 Å². The SMILES string of the molecule is CCC(C)CCC1(OC)OC(CCC2CC=C3CC(C)CCC3(C)C2CCC(C)C)C(C)C1C. The van der Waals surface area contributed by atoms with Gasteiger partial charge in [0, 0.05) is 19.4 Å². The van der Waals surface area contributed by atoms with Crippen LogP contribution < -0.4 is 0 Å². The van der Waals surface area contributed by atoms with E-state index in [1.54, 1.807) is 5.57 Å². The predicted octanol–water partition coefficient (Wildman–Crippen LogP) is 9.43. The third-order valence-corrected chi connectivity index (χ3v) is 10.8. The third kappa shape index (κ3) is 5.96. The standard InChI is InChI=1S/C32H58O2/c1-10-23(4)18-20-32(33-9)26(7)25(6)30(34-32)16-13-27-12-14-28-21-24(5)17-19-31(28,8)29(27)15-11-22(2)3/h14,22-27,29-30H,10-13,15-21H2,1-9H3. The second kappa shape index (κ2) is 11.8. The molecule has 2 heteroatoms. The summed E-state index contributed by atoms with van der Waals surface area (Å²) in [5.41, 5.74) is 2.24. The lowest BCUT2D eigenvalue weighted by molar-refractivity contribution is -0.235. The molecule has 0 spiro atoms. The van der Waals surface area contributed by atoms with Crippen molar-refractivity contribution in [2.24, 2.45) is 46.8 Å². The molecular formula is C32H58O2. The number of hydrogen-bond donors (Lipinski definition) is 0. The Labute approximate surface area is 213 Å². The van der Waals surface area contributed by atoms with Crippen LogP contribution >= 0.6 is 0 Å². The van der Waals surface area contributed by atoms with Gasteiger partial charge in [0.05, 0.1) is 6.10 Å². The molecule has 34 heavy (non-hydrogen) atoms. The fourth-order valence-corrected chi connectivity index (χ4v) is 7.69. The lowest BCUT2D eigenvalue weighted by Crippen LogP contribution is -2.41. The summed E-state index contributed by atoms with van der Waals surface area (Å²) in [7, 11) is 1.88. The molecule has 0 N–H and O–H groups in total. The second-order valence-corrected chi connectivity index (χ2v) is 13.5. The summed E-state index contributed by atoms with van der Waals surface area (Å²) < 4.78 is 13.0. The number of allylic oxidation sites excluding steroid dienone is 2. The smallest absolute Gasteiger partial charge is 0.171 e. The van der Waals surface area contributed by atoms with Crippen molar-refractivity contribution in [3.8, 4) is 0 Å². The van der Waals surface area contributed by atoms with Gasteiger partial charge in [-0.3, -0.25) is 0 Å². The zero-order chi connectivity index (χ0) is 25.1. The van der Waals surface area contributed by atoms with E-state index in [4.69, 9.17) is 9.47 Å². The van der Waals surface area contributed by atoms with Crippen molar-refractivity contribution in [3.05, 3.63) is 11.6 Å². The minimum Gasteiger partial charge on any atom is -0.353 e. The summed E-state index contributed by atoms with van der Waals surface area (Å²) in [5.74, 6) is 4.70. The van der Waals surface area contributed by atoms with Crippen molar-refractivity contribution in [2.45, 2.75) is 138 Å². The summed E-state index contributed by atoms with van der Waals surface area (Å²) in [4.78, 5) is 0. The van der Waals surface area contributed by atoms with Crippen molar-refractivity contribution < 1.29 is 9.47 Å². The van der Waals surface area contributed by atoms with E-state index in [0.717, 1.165) is 36.0 Å². The van der Waals surface area contributed by atoms with Crippen molar-refractivity contribution in [1.82, 2.24) is 0 Å². The first kappa shape index (κ1) is 28.2. The Hall–Kier alpha value is -0.340. The molecule has 1 saturated heterocycles. The lowest BCUT2D eigenvalue weighted by Gasteiger charge is -2.51. The first-order valence-corrected chi connectivity index (χ1v) is 15.0. The Morgan fingerprint density at radius 2 is 1.82 bits per heavy atom. The summed E-state index contributed by atoms with van der Waals surface area (Å²) in [6, 6.07) is 0. The van der Waals surface area contributed by atoms with E-state index < -0.39 is 0 Å². The van der Waals surface area contributed by atoms with Gasteiger partial charge in [0.2, 0.25) is 0 Å². The zero-order valence-corrected chi connectivity index (χ0v) is 24.3. The number of fused-ring (bicyclic) bond motifs is 1. The molecule has 0 aromatic carbocycles. The van der Waals surface area contributed by atoms with E-state index >= 15 is 0 Å². The van der Waals surface area contributed by atoms with E-state index in [0.29, 0.717) is 23.4 Å². The molecule has 0 bridgehead atoms. The average molecular weight is 475 g/mol. The average Bonchev–Trinajstić information content (AvgIpc) is 3.05. The molecule has 198 valence electrons. The third-order valence-electron chi connectivity index (χ3n) is 10.8. The van der Waals surface area contributed by atoms with Gasteiger partial charge in [-0.1, -0.05) is 79.9 Å². The molecule has 2 aliphatic carbocycles. The lowest BCUT2D eigenvalue weighted by atomic mass is 9.54. The number of hydrogen-bond acceptors (Lipinski definition) is 2. The van der Waals surface area contributed by atoms with Crippen LogP contribution in [0.3, 0.4) is 0 Å². The summed E-state index contributed by atoms with van der Waals surface area (Å²) >= 11 is 0. The molecule has 2 fully saturated rings. The van der Waals surface area contributed by atoms with Crippen LogP contribution in [-0.4, -0.2) is 19.0 Å². The number of ether oxygens (including phenoxy) is 2. The van der Waals surface area contributed by atoms with Crippen LogP contribution in [0.5, 0.6) is 0 Å². The molecule has 1 aliphatic heterocycles. The summed E-state index contributed by atoms with van der Waals surface area (Å²) in [6.45, 7) is 19.3. The van der Waals surface area contributed by atoms with Gasteiger partial charge in [-0.2, -0.15) is 0 Å². The molecule has 0 radical (unpaired) electrons. The van der Waals surface area contributed by atoms with Gasteiger partial charge in [0.1, 0.15) is 0 Å². The predicted molar refractivity (Wildman–Crippen MR) is 146 cm³/mol. The maximum atomic E-state index is 6.85. The summed E-state index contributed by atoms with van der Waals surface area (Å²) in [6.07, 6.45) is 17.2. The van der Waals surface area contributed by atoms with Gasteiger partial charge in [0.25, 0.3) is 0 Å². The fraction of sp³-hybridized carbons (Fsp3) is 0.938. The fourth-order valence-electron chi connectivity index (χ4n) is 7.69. The maximum absolute atomic E-state index is 6.85. The van der Waals surface area contributed by atoms with Gasteiger partial charge in [-0.05, 0) is 92.3 Å². The van der Waals surface area contributed by atoms with Gasteiger partial charge in [-0.15, -0.1) is 0 Å². The Morgan fingerprint density at radius 1 is 1.09 bits per heavy atom. The molecule has 9 unspecified atom stereocenters. The van der Waals surface area contributed by atoms with Crippen LogP contribution in [0.2, 0.25) is 0 Å². The molecular weight excluding hydrogens is 416 g/mol. The monoisotopic (exact) mass is 474 g/mol. The van der Waals surface area contributed by atoms with E-state index in [1.165, 1.54) is 64.2 Å². The van der Waals surface area contributed by atoms with E-state index in [-0.39, 0.29) is 5.79 Å². The first-order valence-electron chi connectivity index (χ1n) is 15.0. The van der Waals surface area contributed by atoms with Crippen LogP contribution in [0.4, 0.5) is 0 Å². The molecule has 0 aromatic heterocycles. The quantitative estimate of drug-likeness (QED) is 0.278. The molecule has 9 atom stereocenters. The Balaban J connectivity index is 1.70. The molecule has 0 amide bonds. The summed E-state index contributed by atoms with van der Waals surface area (Å²) in [5, 5.41) is 0. The van der Waals surface area contributed by atoms with Crippen molar-refractivity contribution >= 4 is 0 Å². The van der Waals surface area contributed by atoms with Crippen LogP contribution in [0.25, 0.3) is 0 Å². The number of rotatable bonds is 11. The van der Waals surface area contributed by atoms with Crippen molar-refractivity contribution in [2.75, 3.05) is 7.11 Å². The molecule has 3 aliphatic rings.